The summed E-state index contributed by atoms with van der Waals surface area (Å²) in [6.07, 6.45) is 0.729. The third-order valence-corrected chi connectivity index (χ3v) is 4.36. The molecule has 1 unspecified atom stereocenters. The van der Waals surface area contributed by atoms with Gasteiger partial charge < -0.3 is 11.1 Å². The quantitative estimate of drug-likeness (QED) is 0.540. The Balaban J connectivity index is 2.28. The first kappa shape index (κ1) is 13.3. The Labute approximate surface area is 97.4 Å². The number of guanidine groups is 1. The Kier molecular flexibility index (Phi) is 4.58. The van der Waals surface area contributed by atoms with Crippen molar-refractivity contribution in [1.82, 2.24) is 5.32 Å². The SMILES string of the molecule is CC(C)CN=C(N)NCC1CCS(=O)(=O)C1. The second-order valence-electron chi connectivity index (χ2n) is 4.77. The van der Waals surface area contributed by atoms with Gasteiger partial charge in [0.1, 0.15) is 0 Å². The van der Waals surface area contributed by atoms with E-state index in [1.807, 2.05) is 0 Å². The highest BCUT2D eigenvalue weighted by Crippen LogP contribution is 2.17. The molecule has 1 rings (SSSR count). The fraction of sp³-hybridized carbons (Fsp3) is 0.900. The van der Waals surface area contributed by atoms with Crippen LogP contribution in [0.4, 0.5) is 0 Å². The Morgan fingerprint density at radius 2 is 2.25 bits per heavy atom. The molecule has 0 aromatic rings. The molecule has 1 fully saturated rings. The lowest BCUT2D eigenvalue weighted by Gasteiger charge is -2.10. The zero-order valence-electron chi connectivity index (χ0n) is 9.94. The second kappa shape index (κ2) is 5.52. The van der Waals surface area contributed by atoms with Crippen LogP contribution in [0.25, 0.3) is 0 Å². The van der Waals surface area contributed by atoms with E-state index in [0.29, 0.717) is 30.7 Å². The molecule has 1 aliphatic rings. The van der Waals surface area contributed by atoms with Crippen molar-refractivity contribution >= 4 is 15.8 Å². The van der Waals surface area contributed by atoms with E-state index < -0.39 is 9.84 Å². The summed E-state index contributed by atoms with van der Waals surface area (Å²) < 4.78 is 22.4. The lowest BCUT2D eigenvalue weighted by Crippen LogP contribution is -2.36. The van der Waals surface area contributed by atoms with Gasteiger partial charge in [0.2, 0.25) is 0 Å². The van der Waals surface area contributed by atoms with Gasteiger partial charge in [-0.05, 0) is 18.3 Å². The van der Waals surface area contributed by atoms with E-state index in [9.17, 15) is 8.42 Å². The van der Waals surface area contributed by atoms with Crippen molar-refractivity contribution in [3.05, 3.63) is 0 Å². The van der Waals surface area contributed by atoms with Crippen LogP contribution in [0.3, 0.4) is 0 Å². The molecule has 0 bridgehead atoms. The molecule has 6 heteroatoms. The van der Waals surface area contributed by atoms with E-state index in [2.05, 4.69) is 24.2 Å². The van der Waals surface area contributed by atoms with Crippen molar-refractivity contribution in [3.63, 3.8) is 0 Å². The zero-order valence-corrected chi connectivity index (χ0v) is 10.8. The molecule has 1 atom stereocenters. The normalized spacial score (nSPS) is 24.9. The summed E-state index contributed by atoms with van der Waals surface area (Å²) in [6, 6.07) is 0. The molecular weight excluding hydrogens is 226 g/mol. The third kappa shape index (κ3) is 4.83. The topological polar surface area (TPSA) is 84.5 Å². The van der Waals surface area contributed by atoms with Gasteiger partial charge >= 0.3 is 0 Å². The molecule has 5 nitrogen and oxygen atoms in total. The fourth-order valence-electron chi connectivity index (χ4n) is 1.62. The van der Waals surface area contributed by atoms with Crippen molar-refractivity contribution in [1.29, 1.82) is 0 Å². The standard InChI is InChI=1S/C10H21N3O2S/c1-8(2)5-12-10(11)13-6-9-3-4-16(14,15)7-9/h8-9H,3-7H2,1-2H3,(H3,11,12,13). The summed E-state index contributed by atoms with van der Waals surface area (Å²) in [6.45, 7) is 5.44. The first-order valence-corrected chi connectivity index (χ1v) is 7.45. The van der Waals surface area contributed by atoms with Crippen LogP contribution in [-0.2, 0) is 9.84 Å². The largest absolute Gasteiger partial charge is 0.370 e. The fourth-order valence-corrected chi connectivity index (χ4v) is 3.48. The monoisotopic (exact) mass is 247 g/mol. The molecule has 1 heterocycles. The minimum atomic E-state index is -2.79. The van der Waals surface area contributed by atoms with E-state index in [0.717, 1.165) is 6.42 Å². The van der Waals surface area contributed by atoms with Gasteiger partial charge in [-0.2, -0.15) is 0 Å². The molecule has 94 valence electrons. The Bertz CT molecular complexity index is 349. The molecule has 0 aromatic heterocycles. The number of nitrogens with zero attached hydrogens (tertiary/aromatic N) is 1. The van der Waals surface area contributed by atoms with Crippen LogP contribution in [0.1, 0.15) is 20.3 Å². The number of rotatable bonds is 4. The van der Waals surface area contributed by atoms with Crippen LogP contribution in [0.5, 0.6) is 0 Å². The summed E-state index contributed by atoms with van der Waals surface area (Å²) in [5, 5.41) is 2.98. The molecule has 1 saturated heterocycles. The Hall–Kier alpha value is -0.780. The second-order valence-corrected chi connectivity index (χ2v) is 7.00. The van der Waals surface area contributed by atoms with Crippen molar-refractivity contribution in [2.45, 2.75) is 20.3 Å². The first-order chi connectivity index (χ1) is 7.39. The molecule has 16 heavy (non-hydrogen) atoms. The Morgan fingerprint density at radius 1 is 1.56 bits per heavy atom. The van der Waals surface area contributed by atoms with E-state index in [4.69, 9.17) is 5.73 Å². The van der Waals surface area contributed by atoms with Gasteiger partial charge in [0.15, 0.2) is 15.8 Å². The van der Waals surface area contributed by atoms with Gasteiger partial charge in [0.25, 0.3) is 0 Å². The van der Waals surface area contributed by atoms with Gasteiger partial charge in [-0.3, -0.25) is 4.99 Å². The van der Waals surface area contributed by atoms with Crippen LogP contribution in [0.2, 0.25) is 0 Å². The smallest absolute Gasteiger partial charge is 0.188 e. The number of nitrogens with one attached hydrogen (secondary N) is 1. The highest BCUT2D eigenvalue weighted by molar-refractivity contribution is 7.91. The average molecular weight is 247 g/mol. The average Bonchev–Trinajstić information content (AvgIpc) is 2.52. The van der Waals surface area contributed by atoms with E-state index in [1.165, 1.54) is 0 Å². The molecule has 3 N–H and O–H groups in total. The molecule has 0 aliphatic carbocycles. The van der Waals surface area contributed by atoms with Gasteiger partial charge in [0, 0.05) is 13.1 Å². The van der Waals surface area contributed by atoms with E-state index >= 15 is 0 Å². The number of hydrogen-bond donors (Lipinski definition) is 2. The van der Waals surface area contributed by atoms with Crippen LogP contribution >= 0.6 is 0 Å². The van der Waals surface area contributed by atoms with Crippen molar-refractivity contribution < 1.29 is 8.42 Å². The summed E-state index contributed by atoms with van der Waals surface area (Å²) in [7, 11) is -2.79. The number of sulfone groups is 1. The van der Waals surface area contributed by atoms with Gasteiger partial charge in [0.05, 0.1) is 11.5 Å². The predicted octanol–water partition coefficient (Wildman–Crippen LogP) is -0.0186. The minimum absolute atomic E-state index is 0.179. The minimum Gasteiger partial charge on any atom is -0.370 e. The van der Waals surface area contributed by atoms with Crippen LogP contribution in [0, 0.1) is 11.8 Å². The summed E-state index contributed by atoms with van der Waals surface area (Å²) >= 11 is 0. The highest BCUT2D eigenvalue weighted by Gasteiger charge is 2.27. The van der Waals surface area contributed by atoms with Gasteiger partial charge in [-0.15, -0.1) is 0 Å². The van der Waals surface area contributed by atoms with Crippen LogP contribution in [-0.4, -0.2) is 39.0 Å². The number of aliphatic imine (C=N–C) groups is 1. The molecule has 1 aliphatic heterocycles. The lowest BCUT2D eigenvalue weighted by atomic mass is 10.1. The molecular formula is C10H21N3O2S. The maximum atomic E-state index is 11.2. The van der Waals surface area contributed by atoms with Gasteiger partial charge in [-0.1, -0.05) is 13.8 Å². The number of hydrogen-bond acceptors (Lipinski definition) is 3. The van der Waals surface area contributed by atoms with Gasteiger partial charge in [-0.25, -0.2) is 8.42 Å². The summed E-state index contributed by atoms with van der Waals surface area (Å²) in [5.41, 5.74) is 5.66. The maximum absolute atomic E-state index is 11.2. The molecule has 0 amide bonds. The lowest BCUT2D eigenvalue weighted by molar-refractivity contribution is 0.569. The molecule has 0 radical (unpaired) electrons. The van der Waals surface area contributed by atoms with E-state index in [1.54, 1.807) is 0 Å². The Morgan fingerprint density at radius 3 is 2.75 bits per heavy atom. The van der Waals surface area contributed by atoms with Crippen molar-refractivity contribution in [3.8, 4) is 0 Å². The zero-order chi connectivity index (χ0) is 12.2. The molecule has 0 spiro atoms. The van der Waals surface area contributed by atoms with E-state index in [-0.39, 0.29) is 11.7 Å². The highest BCUT2D eigenvalue weighted by atomic mass is 32.2. The third-order valence-electron chi connectivity index (χ3n) is 2.53. The predicted molar refractivity (Wildman–Crippen MR) is 66.1 cm³/mol. The molecule has 0 saturated carbocycles. The summed E-state index contributed by atoms with van der Waals surface area (Å²) in [5.74, 6) is 1.66. The maximum Gasteiger partial charge on any atom is 0.188 e. The summed E-state index contributed by atoms with van der Waals surface area (Å²) in [4.78, 5) is 4.15. The van der Waals surface area contributed by atoms with Crippen molar-refractivity contribution in [2.24, 2.45) is 22.6 Å². The van der Waals surface area contributed by atoms with Crippen molar-refractivity contribution in [2.75, 3.05) is 24.6 Å². The van der Waals surface area contributed by atoms with Crippen LogP contribution < -0.4 is 11.1 Å². The molecule has 0 aromatic carbocycles. The first-order valence-electron chi connectivity index (χ1n) is 5.63. The van der Waals surface area contributed by atoms with Crippen LogP contribution in [0.15, 0.2) is 4.99 Å². The number of nitrogens with two attached hydrogens (primary N) is 1.